The summed E-state index contributed by atoms with van der Waals surface area (Å²) in [6, 6.07) is 3.86. The van der Waals surface area contributed by atoms with Crippen molar-refractivity contribution in [3.63, 3.8) is 0 Å². The topological polar surface area (TPSA) is 121 Å². The molecule has 20 heavy (non-hydrogen) atoms. The van der Waals surface area contributed by atoms with Crippen LogP contribution in [0.3, 0.4) is 0 Å². The molecule has 1 amide bonds. The van der Waals surface area contributed by atoms with E-state index in [9.17, 15) is 14.9 Å². The van der Waals surface area contributed by atoms with Crippen molar-refractivity contribution in [1.29, 1.82) is 0 Å². The normalized spacial score (nSPS) is 21.6. The van der Waals surface area contributed by atoms with Crippen LogP contribution >= 0.6 is 0 Å². The number of rotatable bonds is 5. The van der Waals surface area contributed by atoms with Crippen LogP contribution in [-0.4, -0.2) is 23.5 Å². The number of nitrogens with zero attached hydrogens (tertiary/aromatic N) is 1. The van der Waals surface area contributed by atoms with Crippen molar-refractivity contribution in [2.24, 2.45) is 17.4 Å². The van der Waals surface area contributed by atoms with Crippen LogP contribution in [0.1, 0.15) is 29.6 Å². The summed E-state index contributed by atoms with van der Waals surface area (Å²) in [6.45, 7) is 0.517. The minimum absolute atomic E-state index is 0.0295. The van der Waals surface area contributed by atoms with E-state index in [4.69, 9.17) is 16.2 Å². The lowest BCUT2D eigenvalue weighted by Crippen LogP contribution is -2.28. The van der Waals surface area contributed by atoms with E-state index in [1.807, 2.05) is 0 Å². The van der Waals surface area contributed by atoms with Gasteiger partial charge >= 0.3 is 0 Å². The third kappa shape index (κ3) is 2.88. The first kappa shape index (κ1) is 14.3. The summed E-state index contributed by atoms with van der Waals surface area (Å²) in [5.41, 5.74) is 10.8. The van der Waals surface area contributed by atoms with Gasteiger partial charge in [-0.15, -0.1) is 0 Å². The van der Waals surface area contributed by atoms with Crippen molar-refractivity contribution < 1.29 is 14.5 Å². The van der Waals surface area contributed by atoms with E-state index < -0.39 is 10.8 Å². The molecule has 7 nitrogen and oxygen atoms in total. The molecule has 0 aliphatic heterocycles. The second kappa shape index (κ2) is 5.87. The van der Waals surface area contributed by atoms with Crippen LogP contribution in [0.5, 0.6) is 5.75 Å². The zero-order valence-corrected chi connectivity index (χ0v) is 11.0. The molecule has 0 heterocycles. The van der Waals surface area contributed by atoms with Crippen LogP contribution in [0.15, 0.2) is 18.2 Å². The first-order valence-electron chi connectivity index (χ1n) is 6.48. The fraction of sp³-hybridized carbons (Fsp3) is 0.462. The van der Waals surface area contributed by atoms with Gasteiger partial charge in [-0.2, -0.15) is 0 Å². The molecule has 4 N–H and O–H groups in total. The average molecular weight is 279 g/mol. The number of benzene rings is 1. The van der Waals surface area contributed by atoms with Gasteiger partial charge in [0.1, 0.15) is 11.9 Å². The minimum Gasteiger partial charge on any atom is -0.489 e. The number of amides is 1. The summed E-state index contributed by atoms with van der Waals surface area (Å²) in [5.74, 6) is -0.217. The second-order valence-electron chi connectivity index (χ2n) is 4.88. The number of hydrogen-bond donors (Lipinski definition) is 2. The number of nitro benzene ring substituents is 1. The van der Waals surface area contributed by atoms with Gasteiger partial charge in [-0.05, 0) is 31.9 Å². The molecule has 1 aliphatic rings. The number of carbonyl (C=O) groups is 1. The number of hydrogen-bond acceptors (Lipinski definition) is 5. The lowest BCUT2D eigenvalue weighted by atomic mass is 10.1. The van der Waals surface area contributed by atoms with Gasteiger partial charge in [0.2, 0.25) is 0 Å². The molecule has 0 spiro atoms. The van der Waals surface area contributed by atoms with Gasteiger partial charge in [-0.25, -0.2) is 0 Å². The van der Waals surface area contributed by atoms with Crippen LogP contribution in [0.4, 0.5) is 5.69 Å². The Balaban J connectivity index is 2.27. The van der Waals surface area contributed by atoms with Crippen LogP contribution in [0.2, 0.25) is 0 Å². The van der Waals surface area contributed by atoms with E-state index in [-0.39, 0.29) is 29.0 Å². The quantitative estimate of drug-likeness (QED) is 0.619. The van der Waals surface area contributed by atoms with E-state index >= 15 is 0 Å². The Morgan fingerprint density at radius 2 is 2.20 bits per heavy atom. The lowest BCUT2D eigenvalue weighted by Gasteiger charge is -2.21. The van der Waals surface area contributed by atoms with Gasteiger partial charge in [0, 0.05) is 18.1 Å². The number of nitro groups is 1. The summed E-state index contributed by atoms with van der Waals surface area (Å²) >= 11 is 0. The van der Waals surface area contributed by atoms with Crippen molar-refractivity contribution in [2.45, 2.75) is 25.4 Å². The van der Waals surface area contributed by atoms with Gasteiger partial charge in [0.05, 0.1) is 10.5 Å². The smallest absolute Gasteiger partial charge is 0.270 e. The Bertz CT molecular complexity index is 532. The third-order valence-corrected chi connectivity index (χ3v) is 3.61. The van der Waals surface area contributed by atoms with E-state index in [0.29, 0.717) is 6.54 Å². The maximum Gasteiger partial charge on any atom is 0.270 e. The van der Waals surface area contributed by atoms with Gasteiger partial charge in [-0.1, -0.05) is 0 Å². The molecule has 0 bridgehead atoms. The molecule has 0 saturated heterocycles. The maximum atomic E-state index is 11.4. The predicted octanol–water partition coefficient (Wildman–Crippen LogP) is 1.20. The third-order valence-electron chi connectivity index (χ3n) is 3.61. The zero-order chi connectivity index (χ0) is 14.7. The maximum absolute atomic E-state index is 11.4. The molecule has 2 atom stereocenters. The zero-order valence-electron chi connectivity index (χ0n) is 11.0. The van der Waals surface area contributed by atoms with Crippen molar-refractivity contribution >= 4 is 11.6 Å². The Labute approximate surface area is 116 Å². The summed E-state index contributed by atoms with van der Waals surface area (Å²) in [6.07, 6.45) is 2.79. The Morgan fingerprint density at radius 1 is 1.45 bits per heavy atom. The molecule has 2 unspecified atom stereocenters. The largest absolute Gasteiger partial charge is 0.489 e. The highest BCUT2D eigenvalue weighted by Gasteiger charge is 2.29. The Hall–Kier alpha value is -2.15. The first-order chi connectivity index (χ1) is 9.52. The average Bonchev–Trinajstić information content (AvgIpc) is 2.85. The highest BCUT2D eigenvalue weighted by Crippen LogP contribution is 2.32. The van der Waals surface area contributed by atoms with Crippen molar-refractivity contribution in [3.8, 4) is 5.75 Å². The van der Waals surface area contributed by atoms with Gasteiger partial charge in [-0.3, -0.25) is 14.9 Å². The molecule has 7 heteroatoms. The Morgan fingerprint density at radius 3 is 2.80 bits per heavy atom. The van der Waals surface area contributed by atoms with Crippen molar-refractivity contribution in [2.75, 3.05) is 6.54 Å². The molecule has 1 saturated carbocycles. The number of primary amides is 1. The van der Waals surface area contributed by atoms with Gasteiger partial charge in [0.15, 0.2) is 0 Å². The number of carbonyl (C=O) groups excluding carboxylic acids is 1. The highest BCUT2D eigenvalue weighted by atomic mass is 16.6. The summed E-state index contributed by atoms with van der Waals surface area (Å²) in [4.78, 5) is 21.6. The molecule has 2 rings (SSSR count). The standard InChI is InChI=1S/C13H17N3O4/c14-7-8-2-1-3-11(8)20-12-5-4-9(16(18)19)6-10(12)13(15)17/h4-6,8,11H,1-3,7,14H2,(H2,15,17). The molecule has 0 radical (unpaired) electrons. The summed E-state index contributed by atoms with van der Waals surface area (Å²) < 4.78 is 5.80. The van der Waals surface area contributed by atoms with Crippen molar-refractivity contribution in [3.05, 3.63) is 33.9 Å². The number of nitrogens with two attached hydrogens (primary N) is 2. The van der Waals surface area contributed by atoms with E-state index in [1.165, 1.54) is 12.1 Å². The van der Waals surface area contributed by atoms with Crippen LogP contribution in [0.25, 0.3) is 0 Å². The van der Waals surface area contributed by atoms with Crippen LogP contribution < -0.4 is 16.2 Å². The summed E-state index contributed by atoms with van der Waals surface area (Å²) in [7, 11) is 0. The molecule has 1 aromatic carbocycles. The molecular formula is C13H17N3O4. The summed E-state index contributed by atoms with van der Waals surface area (Å²) in [5, 5.41) is 10.7. The molecule has 1 aliphatic carbocycles. The molecule has 108 valence electrons. The van der Waals surface area contributed by atoms with Gasteiger partial charge in [0.25, 0.3) is 11.6 Å². The fourth-order valence-electron chi connectivity index (χ4n) is 2.52. The second-order valence-corrected chi connectivity index (χ2v) is 4.88. The SMILES string of the molecule is NCC1CCCC1Oc1ccc([N+](=O)[O-])cc1C(N)=O. The van der Waals surface area contributed by atoms with Crippen LogP contribution in [-0.2, 0) is 0 Å². The monoisotopic (exact) mass is 279 g/mol. The molecular weight excluding hydrogens is 262 g/mol. The fourth-order valence-corrected chi connectivity index (χ4v) is 2.52. The van der Waals surface area contributed by atoms with Crippen LogP contribution in [0, 0.1) is 16.0 Å². The first-order valence-corrected chi connectivity index (χ1v) is 6.48. The van der Waals surface area contributed by atoms with Crippen molar-refractivity contribution in [1.82, 2.24) is 0 Å². The highest BCUT2D eigenvalue weighted by molar-refractivity contribution is 5.96. The predicted molar refractivity (Wildman–Crippen MR) is 72.4 cm³/mol. The Kier molecular flexibility index (Phi) is 4.19. The lowest BCUT2D eigenvalue weighted by molar-refractivity contribution is -0.384. The molecule has 1 aromatic rings. The number of non-ortho nitro benzene ring substituents is 1. The van der Waals surface area contributed by atoms with E-state index in [1.54, 1.807) is 0 Å². The molecule has 1 fully saturated rings. The van der Waals surface area contributed by atoms with Gasteiger partial charge < -0.3 is 16.2 Å². The van der Waals surface area contributed by atoms with E-state index in [2.05, 4.69) is 0 Å². The van der Waals surface area contributed by atoms with E-state index in [0.717, 1.165) is 25.3 Å². The minimum atomic E-state index is -0.744. The number of ether oxygens (including phenoxy) is 1. The molecule has 0 aromatic heterocycles.